The van der Waals surface area contributed by atoms with Crippen LogP contribution in [0.25, 0.3) is 0 Å². The molecule has 3 aliphatic rings. The van der Waals surface area contributed by atoms with Gasteiger partial charge in [0.1, 0.15) is 17.7 Å². The first-order valence-corrected chi connectivity index (χ1v) is 12.5. The van der Waals surface area contributed by atoms with E-state index >= 15 is 0 Å². The summed E-state index contributed by atoms with van der Waals surface area (Å²) in [7, 11) is 0. The number of allylic oxidation sites excluding steroid dienone is 1. The summed E-state index contributed by atoms with van der Waals surface area (Å²) >= 11 is 0. The van der Waals surface area contributed by atoms with Gasteiger partial charge in [-0.15, -0.1) is 5.76 Å². The van der Waals surface area contributed by atoms with Crippen LogP contribution < -0.4 is 45.3 Å². The molecule has 1 aromatic rings. The Bertz CT molecular complexity index is 1050. The van der Waals surface area contributed by atoms with Gasteiger partial charge in [0.2, 0.25) is 0 Å². The monoisotopic (exact) mass is 503 g/mol. The van der Waals surface area contributed by atoms with Crippen molar-refractivity contribution in [2.75, 3.05) is 26.2 Å². The van der Waals surface area contributed by atoms with Crippen LogP contribution in [0.15, 0.2) is 56.2 Å². The second kappa shape index (κ2) is 13.5. The molecular weight excluding hydrogens is 468 g/mol. The number of aromatic nitrogens is 1. The summed E-state index contributed by atoms with van der Waals surface area (Å²) in [6, 6.07) is 1.50. The molecule has 0 bridgehead atoms. The number of hydrogen-bond acceptors (Lipinski definition) is 7. The Kier molecular flexibility index (Phi) is 10.7. The fourth-order valence-electron chi connectivity index (χ4n) is 4.91. The summed E-state index contributed by atoms with van der Waals surface area (Å²) in [6.45, 7) is 10.6. The maximum absolute atomic E-state index is 14.1. The van der Waals surface area contributed by atoms with Crippen molar-refractivity contribution in [3.05, 3.63) is 52.6 Å². The van der Waals surface area contributed by atoms with E-state index in [0.717, 1.165) is 44.5 Å². The van der Waals surface area contributed by atoms with Crippen LogP contribution in [0.1, 0.15) is 57.7 Å². The smallest absolute Gasteiger partial charge is 0.875 e. The van der Waals surface area contributed by atoms with E-state index in [-0.39, 0.29) is 41.4 Å². The van der Waals surface area contributed by atoms with Crippen molar-refractivity contribution >= 4 is 18.8 Å². The first-order chi connectivity index (χ1) is 17.0. The Morgan fingerprint density at radius 3 is 2.75 bits per heavy atom. The fraction of sp³-hybridized carbons (Fsp3) is 0.538. The second-order valence-electron chi connectivity index (χ2n) is 9.45. The van der Waals surface area contributed by atoms with Crippen molar-refractivity contribution in [3.63, 3.8) is 0 Å². The van der Waals surface area contributed by atoms with Crippen molar-refractivity contribution in [3.8, 4) is 0 Å². The Morgan fingerprint density at radius 2 is 2.08 bits per heavy atom. The van der Waals surface area contributed by atoms with Gasteiger partial charge in [-0.2, -0.15) is 0 Å². The van der Waals surface area contributed by atoms with E-state index in [9.17, 15) is 9.50 Å². The van der Waals surface area contributed by atoms with E-state index in [1.54, 1.807) is 12.4 Å². The minimum atomic E-state index is -0.443. The molecule has 0 spiro atoms. The molecule has 0 radical (unpaired) electrons. The normalized spacial score (nSPS) is 25.1. The van der Waals surface area contributed by atoms with Gasteiger partial charge in [-0.25, -0.2) is 4.39 Å². The molecule has 1 aromatic heterocycles. The maximum Gasteiger partial charge on any atom is 1.00 e. The Hall–Kier alpha value is -2.07. The zero-order valence-corrected chi connectivity index (χ0v) is 23.6. The van der Waals surface area contributed by atoms with Crippen LogP contribution in [0, 0.1) is 11.7 Å². The van der Waals surface area contributed by atoms with Gasteiger partial charge >= 0.3 is 29.6 Å². The third kappa shape index (κ3) is 6.82. The quantitative estimate of drug-likeness (QED) is 0.375. The molecule has 10 heteroatoms. The number of dihydropyridines is 1. The summed E-state index contributed by atoms with van der Waals surface area (Å²) in [6.07, 6.45) is 8.65. The van der Waals surface area contributed by atoms with Crippen LogP contribution in [-0.2, 0) is 0 Å². The number of piperidine rings is 1. The average Bonchev–Trinajstić information content (AvgIpc) is 3.22. The van der Waals surface area contributed by atoms with Crippen molar-refractivity contribution in [1.29, 1.82) is 0 Å². The van der Waals surface area contributed by atoms with E-state index in [1.807, 2.05) is 11.8 Å². The molecule has 188 valence electrons. The number of rotatable bonds is 8. The van der Waals surface area contributed by atoms with Gasteiger partial charge < -0.3 is 20.6 Å². The van der Waals surface area contributed by atoms with Crippen molar-refractivity contribution < 1.29 is 39.1 Å². The number of nitrogens with one attached hydrogen (secondary N) is 2. The van der Waals surface area contributed by atoms with Crippen LogP contribution in [0.4, 0.5) is 4.39 Å². The standard InChI is InChI=1S/C26H36FN7O.Na/c1-4-7-31-26-24(17(2)28-3)33-25(19-11-21(27)15-30-13-19)34(26)16-20-14-32-22(12-23(20)35)10-18-5-8-29-9-6-18;/h11,13-15,18,22,25,29,33,35H,3-10,12,16H2,1-2H3;/q;+1/p-1/b24-17+,31-26?;. The largest absolute Gasteiger partial charge is 1.00 e. The molecule has 2 saturated heterocycles. The summed E-state index contributed by atoms with van der Waals surface area (Å²) in [5, 5.41) is 20.0. The van der Waals surface area contributed by atoms with Gasteiger partial charge in [0.25, 0.3) is 0 Å². The van der Waals surface area contributed by atoms with Crippen LogP contribution in [-0.4, -0.2) is 60.9 Å². The van der Waals surface area contributed by atoms with E-state index < -0.39 is 12.0 Å². The number of nitrogens with zero attached hydrogens (tertiary/aromatic N) is 5. The number of hydrogen-bond donors (Lipinski definition) is 2. The summed E-state index contributed by atoms with van der Waals surface area (Å²) in [4.78, 5) is 19.7. The SMILES string of the molecule is C=N/C(C)=C1/NC(c2cncc(F)c2)N(CC2=C([O-])CC(CC3CCNCC3)N=C2)C1=NCCC.[Na+]. The maximum atomic E-state index is 14.1. The molecule has 8 nitrogen and oxygen atoms in total. The van der Waals surface area contributed by atoms with E-state index in [2.05, 4.69) is 34.3 Å². The summed E-state index contributed by atoms with van der Waals surface area (Å²) in [5.74, 6) is 1.00. The minimum absolute atomic E-state index is 0. The molecule has 2 N–H and O–H groups in total. The van der Waals surface area contributed by atoms with Crippen LogP contribution >= 0.6 is 0 Å². The van der Waals surface area contributed by atoms with Gasteiger partial charge in [0, 0.05) is 31.1 Å². The van der Waals surface area contributed by atoms with E-state index in [0.29, 0.717) is 48.1 Å². The van der Waals surface area contributed by atoms with E-state index in [1.165, 1.54) is 12.3 Å². The Balaban J connectivity index is 0.00000361. The Morgan fingerprint density at radius 1 is 1.31 bits per heavy atom. The predicted octanol–water partition coefficient (Wildman–Crippen LogP) is -0.284. The van der Waals surface area contributed by atoms with Crippen LogP contribution in [0.3, 0.4) is 0 Å². The molecule has 0 amide bonds. The first-order valence-electron chi connectivity index (χ1n) is 12.5. The summed E-state index contributed by atoms with van der Waals surface area (Å²) < 4.78 is 14.1. The zero-order valence-electron chi connectivity index (χ0n) is 21.6. The van der Waals surface area contributed by atoms with Crippen molar-refractivity contribution in [1.82, 2.24) is 20.5 Å². The van der Waals surface area contributed by atoms with Crippen molar-refractivity contribution in [2.45, 2.75) is 58.2 Å². The number of pyridine rings is 1. The average molecular weight is 504 g/mol. The molecule has 2 atom stereocenters. The van der Waals surface area contributed by atoms with Crippen molar-refractivity contribution in [2.24, 2.45) is 20.9 Å². The molecule has 4 heterocycles. The van der Waals surface area contributed by atoms with Gasteiger partial charge in [-0.05, 0) is 76.4 Å². The topological polar surface area (TPSA) is 100 Å². The predicted molar refractivity (Wildman–Crippen MR) is 136 cm³/mol. The molecule has 2 unspecified atom stereocenters. The molecule has 3 aliphatic heterocycles. The van der Waals surface area contributed by atoms with Crippen LogP contribution in [0.2, 0.25) is 0 Å². The fourth-order valence-corrected chi connectivity index (χ4v) is 4.91. The summed E-state index contributed by atoms with van der Waals surface area (Å²) in [5.41, 5.74) is 2.70. The molecule has 0 aliphatic carbocycles. The molecule has 0 aromatic carbocycles. The van der Waals surface area contributed by atoms with Gasteiger partial charge in [-0.3, -0.25) is 20.0 Å². The molecular formula is C26H35FN7NaO. The van der Waals surface area contributed by atoms with Crippen LogP contribution in [0.5, 0.6) is 0 Å². The Labute approximate surface area is 235 Å². The molecule has 2 fully saturated rings. The zero-order chi connectivity index (χ0) is 24.8. The minimum Gasteiger partial charge on any atom is -0.875 e. The number of amidine groups is 1. The third-order valence-corrected chi connectivity index (χ3v) is 6.84. The van der Waals surface area contributed by atoms with Gasteiger partial charge in [0.15, 0.2) is 5.84 Å². The second-order valence-corrected chi connectivity index (χ2v) is 9.45. The van der Waals surface area contributed by atoms with Gasteiger partial charge in [0.05, 0.1) is 17.9 Å². The molecule has 0 saturated carbocycles. The van der Waals surface area contributed by atoms with Gasteiger partial charge in [-0.1, -0.05) is 6.92 Å². The third-order valence-electron chi connectivity index (χ3n) is 6.84. The molecule has 4 rings (SSSR count). The number of aliphatic imine (C=N–C) groups is 3. The first kappa shape index (κ1) is 28.5. The van der Waals surface area contributed by atoms with E-state index in [4.69, 9.17) is 9.98 Å². The molecule has 36 heavy (non-hydrogen) atoms. The number of halogens is 1.